The number of hydrogen-bond donors (Lipinski definition) is 1. The van der Waals surface area contributed by atoms with Gasteiger partial charge < -0.3 is 14.3 Å². The number of rotatable bonds is 5. The van der Waals surface area contributed by atoms with Gasteiger partial charge in [0.25, 0.3) is 11.5 Å². The molecular formula is C21H17N3O3. The van der Waals surface area contributed by atoms with Crippen LogP contribution in [0.4, 0.5) is 0 Å². The van der Waals surface area contributed by atoms with E-state index in [1.165, 1.54) is 6.20 Å². The molecule has 6 nitrogen and oxygen atoms in total. The standard InChI is InChI=1S/C21H17N3O3/c25-20-17(11-15-5-1-2-8-19(15)23-20)13-24(14-18-7-4-10-27-18)21(26)16-6-3-9-22-12-16/h1-12H,13-14H2,(H,23,25). The highest BCUT2D eigenvalue weighted by molar-refractivity contribution is 5.93. The molecule has 0 atom stereocenters. The zero-order chi connectivity index (χ0) is 18.6. The number of fused-ring (bicyclic) bond motifs is 1. The number of aromatic nitrogens is 2. The van der Waals surface area contributed by atoms with E-state index in [0.29, 0.717) is 16.9 Å². The van der Waals surface area contributed by atoms with E-state index in [1.807, 2.05) is 30.3 Å². The van der Waals surface area contributed by atoms with E-state index in [2.05, 4.69) is 9.97 Å². The Kier molecular flexibility index (Phi) is 4.53. The van der Waals surface area contributed by atoms with E-state index in [0.717, 1.165) is 10.9 Å². The highest BCUT2D eigenvalue weighted by Gasteiger charge is 2.19. The van der Waals surface area contributed by atoms with Gasteiger partial charge in [0, 0.05) is 23.5 Å². The van der Waals surface area contributed by atoms with E-state index in [9.17, 15) is 9.59 Å². The monoisotopic (exact) mass is 359 g/mol. The Balaban J connectivity index is 1.69. The minimum Gasteiger partial charge on any atom is -0.467 e. The Hall–Kier alpha value is -3.67. The Labute approximate surface area is 155 Å². The van der Waals surface area contributed by atoms with Crippen LogP contribution in [0.3, 0.4) is 0 Å². The van der Waals surface area contributed by atoms with Crippen LogP contribution < -0.4 is 5.56 Å². The number of aromatic amines is 1. The second kappa shape index (κ2) is 7.29. The summed E-state index contributed by atoms with van der Waals surface area (Å²) in [5.74, 6) is 0.427. The van der Waals surface area contributed by atoms with Crippen LogP contribution in [0.5, 0.6) is 0 Å². The Morgan fingerprint density at radius 3 is 2.74 bits per heavy atom. The summed E-state index contributed by atoms with van der Waals surface area (Å²) in [7, 11) is 0. The first-order valence-electron chi connectivity index (χ1n) is 8.53. The van der Waals surface area contributed by atoms with Gasteiger partial charge in [-0.15, -0.1) is 0 Å². The molecule has 1 amide bonds. The number of amides is 1. The van der Waals surface area contributed by atoms with Crippen LogP contribution in [-0.4, -0.2) is 20.8 Å². The summed E-state index contributed by atoms with van der Waals surface area (Å²) in [5, 5.41) is 0.916. The molecule has 3 heterocycles. The molecule has 0 aliphatic carbocycles. The number of furan rings is 1. The molecule has 0 fully saturated rings. The van der Waals surface area contributed by atoms with Crippen molar-refractivity contribution in [2.45, 2.75) is 13.1 Å². The molecule has 0 aliphatic heterocycles. The topological polar surface area (TPSA) is 79.2 Å². The fourth-order valence-corrected chi connectivity index (χ4v) is 2.98. The van der Waals surface area contributed by atoms with Crippen LogP contribution in [0, 0.1) is 0 Å². The quantitative estimate of drug-likeness (QED) is 0.593. The molecule has 0 aliphatic rings. The van der Waals surface area contributed by atoms with Crippen molar-refractivity contribution in [3.8, 4) is 0 Å². The second-order valence-electron chi connectivity index (χ2n) is 6.19. The molecular weight excluding hydrogens is 342 g/mol. The molecule has 27 heavy (non-hydrogen) atoms. The lowest BCUT2D eigenvalue weighted by Crippen LogP contribution is -2.32. The van der Waals surface area contributed by atoms with E-state index in [1.54, 1.807) is 41.6 Å². The van der Waals surface area contributed by atoms with Crippen molar-refractivity contribution >= 4 is 16.8 Å². The number of carbonyl (C=O) groups excluding carboxylic acids is 1. The third kappa shape index (κ3) is 3.64. The number of para-hydroxylation sites is 1. The number of nitrogens with zero attached hydrogens (tertiary/aromatic N) is 2. The summed E-state index contributed by atoms with van der Waals surface area (Å²) in [4.78, 5) is 33.9. The maximum atomic E-state index is 13.0. The fraction of sp³-hybridized carbons (Fsp3) is 0.0952. The lowest BCUT2D eigenvalue weighted by molar-refractivity contribution is 0.0716. The highest BCUT2D eigenvalue weighted by Crippen LogP contribution is 2.15. The van der Waals surface area contributed by atoms with Crippen LogP contribution in [0.1, 0.15) is 21.7 Å². The largest absolute Gasteiger partial charge is 0.467 e. The molecule has 0 spiro atoms. The van der Waals surface area contributed by atoms with Gasteiger partial charge in [0.1, 0.15) is 5.76 Å². The Bertz CT molecular complexity index is 1120. The van der Waals surface area contributed by atoms with Crippen LogP contribution in [0.25, 0.3) is 10.9 Å². The van der Waals surface area contributed by atoms with Crippen LogP contribution in [-0.2, 0) is 13.1 Å². The molecule has 3 aromatic heterocycles. The van der Waals surface area contributed by atoms with Gasteiger partial charge in [-0.1, -0.05) is 18.2 Å². The van der Waals surface area contributed by atoms with Crippen molar-refractivity contribution < 1.29 is 9.21 Å². The van der Waals surface area contributed by atoms with Gasteiger partial charge in [0.05, 0.1) is 24.9 Å². The molecule has 0 unspecified atom stereocenters. The summed E-state index contributed by atoms with van der Waals surface area (Å²) in [6.07, 6.45) is 4.69. The minimum absolute atomic E-state index is 0.161. The number of pyridine rings is 2. The number of carbonyl (C=O) groups is 1. The zero-order valence-electron chi connectivity index (χ0n) is 14.5. The van der Waals surface area contributed by atoms with Crippen LogP contribution >= 0.6 is 0 Å². The van der Waals surface area contributed by atoms with Gasteiger partial charge in [-0.25, -0.2) is 0 Å². The van der Waals surface area contributed by atoms with E-state index < -0.39 is 0 Å². The van der Waals surface area contributed by atoms with E-state index in [4.69, 9.17) is 4.42 Å². The number of H-pyrrole nitrogens is 1. The first-order chi connectivity index (χ1) is 13.2. The summed E-state index contributed by atoms with van der Waals surface area (Å²) < 4.78 is 5.39. The van der Waals surface area contributed by atoms with Gasteiger partial charge >= 0.3 is 0 Å². The predicted octanol–water partition coefficient (Wildman–Crippen LogP) is 3.36. The third-order valence-electron chi connectivity index (χ3n) is 4.31. The summed E-state index contributed by atoms with van der Waals surface area (Å²) in [5.41, 5.74) is 1.53. The average Bonchev–Trinajstić information content (AvgIpc) is 3.21. The maximum Gasteiger partial charge on any atom is 0.256 e. The number of nitrogens with one attached hydrogen (secondary N) is 1. The lowest BCUT2D eigenvalue weighted by atomic mass is 10.1. The molecule has 0 radical (unpaired) electrons. The van der Waals surface area contributed by atoms with Crippen LogP contribution in [0.2, 0.25) is 0 Å². The second-order valence-corrected chi connectivity index (χ2v) is 6.19. The van der Waals surface area contributed by atoms with Crippen molar-refractivity contribution in [2.24, 2.45) is 0 Å². The van der Waals surface area contributed by atoms with Crippen molar-refractivity contribution in [1.82, 2.24) is 14.9 Å². The van der Waals surface area contributed by atoms with Gasteiger partial charge in [-0.05, 0) is 41.8 Å². The van der Waals surface area contributed by atoms with Crippen LogP contribution in [0.15, 0.2) is 82.5 Å². The van der Waals surface area contributed by atoms with Crippen molar-refractivity contribution in [1.29, 1.82) is 0 Å². The average molecular weight is 359 g/mol. The zero-order valence-corrected chi connectivity index (χ0v) is 14.5. The minimum atomic E-state index is -0.216. The first kappa shape index (κ1) is 16.8. The molecule has 0 bridgehead atoms. The number of hydrogen-bond acceptors (Lipinski definition) is 4. The normalized spacial score (nSPS) is 10.8. The van der Waals surface area contributed by atoms with Crippen molar-refractivity contribution in [2.75, 3.05) is 0 Å². The number of benzene rings is 1. The van der Waals surface area contributed by atoms with E-state index >= 15 is 0 Å². The molecule has 4 aromatic rings. The van der Waals surface area contributed by atoms with Gasteiger partial charge in [-0.2, -0.15) is 0 Å². The Morgan fingerprint density at radius 2 is 1.96 bits per heavy atom. The molecule has 6 heteroatoms. The van der Waals surface area contributed by atoms with Crippen molar-refractivity contribution in [3.63, 3.8) is 0 Å². The van der Waals surface area contributed by atoms with E-state index in [-0.39, 0.29) is 24.6 Å². The molecule has 4 rings (SSSR count). The lowest BCUT2D eigenvalue weighted by Gasteiger charge is -2.21. The molecule has 0 saturated carbocycles. The summed E-state index contributed by atoms with van der Waals surface area (Å²) >= 11 is 0. The summed E-state index contributed by atoms with van der Waals surface area (Å²) in [6, 6.07) is 16.4. The maximum absolute atomic E-state index is 13.0. The molecule has 1 N–H and O–H groups in total. The SMILES string of the molecule is O=C(c1cccnc1)N(Cc1ccco1)Cc1cc2ccccc2[nH]c1=O. The molecule has 1 aromatic carbocycles. The third-order valence-corrected chi connectivity index (χ3v) is 4.31. The van der Waals surface area contributed by atoms with Crippen molar-refractivity contribution in [3.05, 3.63) is 100 Å². The highest BCUT2D eigenvalue weighted by atomic mass is 16.3. The molecule has 0 saturated heterocycles. The smallest absolute Gasteiger partial charge is 0.256 e. The summed E-state index contributed by atoms with van der Waals surface area (Å²) in [6.45, 7) is 0.418. The molecule has 134 valence electrons. The van der Waals surface area contributed by atoms with Gasteiger partial charge in [0.15, 0.2) is 0 Å². The predicted molar refractivity (Wildman–Crippen MR) is 101 cm³/mol. The first-order valence-corrected chi connectivity index (χ1v) is 8.53. The Morgan fingerprint density at radius 1 is 1.07 bits per heavy atom. The fourth-order valence-electron chi connectivity index (χ4n) is 2.98. The van der Waals surface area contributed by atoms with Gasteiger partial charge in [-0.3, -0.25) is 14.6 Å². The van der Waals surface area contributed by atoms with Gasteiger partial charge in [0.2, 0.25) is 0 Å².